The number of benzene rings is 2. The number of rotatable bonds is 9. The number of hydrogen-bond acceptors (Lipinski definition) is 5. The van der Waals surface area contributed by atoms with Crippen molar-refractivity contribution in [2.24, 2.45) is 0 Å². The zero-order chi connectivity index (χ0) is 19.8. The van der Waals surface area contributed by atoms with Gasteiger partial charge in [-0.3, -0.25) is 9.69 Å². The lowest BCUT2D eigenvalue weighted by atomic mass is 10.1. The third kappa shape index (κ3) is 5.37. The number of likely N-dealkylation sites (N-methyl/N-ethyl adjacent to an activating group) is 1. The minimum absolute atomic E-state index is 0.0844. The largest absolute Gasteiger partial charge is 0.497 e. The second kappa shape index (κ2) is 9.83. The summed E-state index contributed by atoms with van der Waals surface area (Å²) >= 11 is 0. The highest BCUT2D eigenvalue weighted by atomic mass is 16.5. The normalized spacial score (nSPS) is 11.8. The lowest BCUT2D eigenvalue weighted by Gasteiger charge is -2.27. The number of nitrogens with zero attached hydrogens (tertiary/aromatic N) is 1. The van der Waals surface area contributed by atoms with Gasteiger partial charge in [0.1, 0.15) is 5.75 Å². The molecule has 2 aromatic carbocycles. The lowest BCUT2D eigenvalue weighted by Crippen LogP contribution is -2.35. The first-order valence-corrected chi connectivity index (χ1v) is 8.92. The highest BCUT2D eigenvalue weighted by Crippen LogP contribution is 2.30. The molecule has 1 atom stereocenters. The molecular formula is C21H28N2O4. The van der Waals surface area contributed by atoms with Crippen LogP contribution in [0.4, 0.5) is 5.69 Å². The maximum absolute atomic E-state index is 12.5. The van der Waals surface area contributed by atoms with Crippen molar-refractivity contribution in [3.8, 4) is 17.2 Å². The van der Waals surface area contributed by atoms with Gasteiger partial charge in [0, 0.05) is 17.8 Å². The van der Waals surface area contributed by atoms with Gasteiger partial charge >= 0.3 is 0 Å². The Labute approximate surface area is 161 Å². The number of ether oxygens (including phenoxy) is 3. The van der Waals surface area contributed by atoms with Crippen LogP contribution in [0.1, 0.15) is 25.5 Å². The molecule has 1 N–H and O–H groups in total. The molecule has 0 aliphatic rings. The van der Waals surface area contributed by atoms with Gasteiger partial charge in [-0.05, 0) is 43.3 Å². The molecule has 1 amide bonds. The van der Waals surface area contributed by atoms with Crippen molar-refractivity contribution < 1.29 is 19.0 Å². The highest BCUT2D eigenvalue weighted by molar-refractivity contribution is 5.92. The molecule has 0 radical (unpaired) electrons. The van der Waals surface area contributed by atoms with Crippen LogP contribution in [-0.4, -0.2) is 45.2 Å². The zero-order valence-electron chi connectivity index (χ0n) is 16.6. The van der Waals surface area contributed by atoms with Gasteiger partial charge in [-0.2, -0.15) is 0 Å². The predicted molar refractivity (Wildman–Crippen MR) is 107 cm³/mol. The molecule has 6 nitrogen and oxygen atoms in total. The second-order valence-electron chi connectivity index (χ2n) is 6.13. The Kier molecular flexibility index (Phi) is 7.49. The van der Waals surface area contributed by atoms with Crippen molar-refractivity contribution in [2.45, 2.75) is 19.9 Å². The minimum Gasteiger partial charge on any atom is -0.497 e. The molecule has 6 heteroatoms. The van der Waals surface area contributed by atoms with E-state index >= 15 is 0 Å². The van der Waals surface area contributed by atoms with Crippen LogP contribution in [0, 0.1) is 0 Å². The summed E-state index contributed by atoms with van der Waals surface area (Å²) in [6.45, 7) is 5.16. The summed E-state index contributed by atoms with van der Waals surface area (Å²) in [5, 5.41) is 2.92. The first kappa shape index (κ1) is 20.6. The molecule has 0 spiro atoms. The van der Waals surface area contributed by atoms with Gasteiger partial charge in [-0.25, -0.2) is 0 Å². The third-order valence-corrected chi connectivity index (χ3v) is 4.54. The Morgan fingerprint density at radius 2 is 1.78 bits per heavy atom. The molecule has 0 bridgehead atoms. The van der Waals surface area contributed by atoms with Crippen LogP contribution >= 0.6 is 0 Å². The fraction of sp³-hybridized carbons (Fsp3) is 0.381. The van der Waals surface area contributed by atoms with Gasteiger partial charge in [0.25, 0.3) is 0 Å². The summed E-state index contributed by atoms with van der Waals surface area (Å²) in [6, 6.07) is 13.3. The third-order valence-electron chi connectivity index (χ3n) is 4.54. The molecule has 0 aliphatic heterocycles. The summed E-state index contributed by atoms with van der Waals surface area (Å²) in [4.78, 5) is 14.6. The number of methoxy groups -OCH3 is 3. The molecule has 0 aliphatic carbocycles. The Balaban J connectivity index is 2.06. The van der Waals surface area contributed by atoms with Crippen LogP contribution in [0.15, 0.2) is 42.5 Å². The van der Waals surface area contributed by atoms with Crippen LogP contribution in [-0.2, 0) is 4.79 Å². The monoisotopic (exact) mass is 372 g/mol. The van der Waals surface area contributed by atoms with Crippen LogP contribution < -0.4 is 19.5 Å². The standard InChI is InChI=1S/C21H28N2O4/c1-6-23(15(2)16-8-7-9-18(12-16)25-3)14-21(24)22-17-10-11-19(26-4)20(13-17)27-5/h7-13,15H,6,14H2,1-5H3,(H,22,24). The zero-order valence-corrected chi connectivity index (χ0v) is 16.6. The van der Waals surface area contributed by atoms with Crippen LogP contribution in [0.25, 0.3) is 0 Å². The Hall–Kier alpha value is -2.73. The molecule has 2 aromatic rings. The van der Waals surface area contributed by atoms with Crippen molar-refractivity contribution in [1.82, 2.24) is 4.90 Å². The first-order valence-electron chi connectivity index (χ1n) is 8.92. The van der Waals surface area contributed by atoms with E-state index in [9.17, 15) is 4.79 Å². The number of nitrogens with one attached hydrogen (secondary N) is 1. The van der Waals surface area contributed by atoms with Crippen molar-refractivity contribution in [2.75, 3.05) is 39.7 Å². The van der Waals surface area contributed by atoms with Crippen LogP contribution in [0.2, 0.25) is 0 Å². The average molecular weight is 372 g/mol. The van der Waals surface area contributed by atoms with Gasteiger partial charge in [-0.1, -0.05) is 19.1 Å². The van der Waals surface area contributed by atoms with Crippen molar-refractivity contribution in [3.63, 3.8) is 0 Å². The van der Waals surface area contributed by atoms with E-state index in [0.29, 0.717) is 17.2 Å². The SMILES string of the molecule is CCN(CC(=O)Nc1ccc(OC)c(OC)c1)C(C)c1cccc(OC)c1. The predicted octanol–water partition coefficient (Wildman–Crippen LogP) is 3.73. The van der Waals surface area contributed by atoms with E-state index in [1.54, 1.807) is 39.5 Å². The topological polar surface area (TPSA) is 60.0 Å². The number of amides is 1. The van der Waals surface area contributed by atoms with Crippen molar-refractivity contribution in [1.29, 1.82) is 0 Å². The fourth-order valence-corrected chi connectivity index (χ4v) is 2.93. The van der Waals surface area contributed by atoms with Crippen molar-refractivity contribution in [3.05, 3.63) is 48.0 Å². The molecule has 0 saturated carbocycles. The molecule has 0 fully saturated rings. The Bertz CT molecular complexity index is 764. The number of hydrogen-bond donors (Lipinski definition) is 1. The maximum atomic E-state index is 12.5. The van der Waals surface area contributed by atoms with Gasteiger partial charge in [-0.15, -0.1) is 0 Å². The summed E-state index contributed by atoms with van der Waals surface area (Å²) < 4.78 is 15.8. The quantitative estimate of drug-likeness (QED) is 0.727. The molecule has 0 aromatic heterocycles. The van der Waals surface area contributed by atoms with Gasteiger partial charge in [0.05, 0.1) is 27.9 Å². The van der Waals surface area contributed by atoms with E-state index in [4.69, 9.17) is 14.2 Å². The first-order chi connectivity index (χ1) is 13.0. The smallest absolute Gasteiger partial charge is 0.238 e. The maximum Gasteiger partial charge on any atom is 0.238 e. The van der Waals surface area contributed by atoms with Gasteiger partial charge in [0.2, 0.25) is 5.91 Å². The summed E-state index contributed by atoms with van der Waals surface area (Å²) in [7, 11) is 4.80. The minimum atomic E-state index is -0.0844. The van der Waals surface area contributed by atoms with Crippen LogP contribution in [0.3, 0.4) is 0 Å². The summed E-state index contributed by atoms with van der Waals surface area (Å²) in [6.07, 6.45) is 0. The average Bonchev–Trinajstić information content (AvgIpc) is 2.71. The number of carbonyl (C=O) groups is 1. The molecule has 0 heterocycles. The van der Waals surface area contributed by atoms with Crippen molar-refractivity contribution >= 4 is 11.6 Å². The van der Waals surface area contributed by atoms with Gasteiger partial charge < -0.3 is 19.5 Å². The molecule has 0 saturated heterocycles. The number of anilines is 1. The molecular weight excluding hydrogens is 344 g/mol. The highest BCUT2D eigenvalue weighted by Gasteiger charge is 2.18. The van der Waals surface area contributed by atoms with E-state index in [2.05, 4.69) is 17.1 Å². The number of carbonyl (C=O) groups excluding carboxylic acids is 1. The summed E-state index contributed by atoms with van der Waals surface area (Å²) in [5.74, 6) is 1.92. The molecule has 2 rings (SSSR count). The van der Waals surface area contributed by atoms with E-state index in [1.165, 1.54) is 0 Å². The van der Waals surface area contributed by atoms with E-state index < -0.39 is 0 Å². The molecule has 1 unspecified atom stereocenters. The van der Waals surface area contributed by atoms with E-state index in [0.717, 1.165) is 17.9 Å². The lowest BCUT2D eigenvalue weighted by molar-refractivity contribution is -0.117. The second-order valence-corrected chi connectivity index (χ2v) is 6.13. The van der Waals surface area contributed by atoms with E-state index in [-0.39, 0.29) is 18.5 Å². The van der Waals surface area contributed by atoms with E-state index in [1.807, 2.05) is 31.2 Å². The Morgan fingerprint density at radius 3 is 2.41 bits per heavy atom. The van der Waals surface area contributed by atoms with Crippen LogP contribution in [0.5, 0.6) is 17.2 Å². The Morgan fingerprint density at radius 1 is 1.04 bits per heavy atom. The molecule has 27 heavy (non-hydrogen) atoms. The summed E-state index contributed by atoms with van der Waals surface area (Å²) in [5.41, 5.74) is 1.78. The molecule has 146 valence electrons. The van der Waals surface area contributed by atoms with Gasteiger partial charge in [0.15, 0.2) is 11.5 Å². The fourth-order valence-electron chi connectivity index (χ4n) is 2.93.